The third-order valence-corrected chi connectivity index (χ3v) is 4.46. The van der Waals surface area contributed by atoms with Gasteiger partial charge >= 0.3 is 5.97 Å². The van der Waals surface area contributed by atoms with Crippen molar-refractivity contribution in [2.24, 2.45) is 11.3 Å². The topological polar surface area (TPSA) is 90.5 Å². The maximum atomic E-state index is 12.3. The monoisotopic (exact) mass is 333 g/mol. The van der Waals surface area contributed by atoms with Gasteiger partial charge in [0.2, 0.25) is 5.91 Å². The summed E-state index contributed by atoms with van der Waals surface area (Å²) in [5, 5.41) is 12.2. The summed E-state index contributed by atoms with van der Waals surface area (Å²) in [4.78, 5) is 23.7. The summed E-state index contributed by atoms with van der Waals surface area (Å²) in [6.07, 6.45) is 1.09. The smallest absolute Gasteiger partial charge is 0.308 e. The second-order valence-electron chi connectivity index (χ2n) is 7.47. The minimum Gasteiger partial charge on any atom is -0.481 e. The van der Waals surface area contributed by atoms with Gasteiger partial charge in [-0.05, 0) is 23.8 Å². The SMILES string of the molecule is CC(C)(C)C1CC(C(=O)NCC(Cc2ccccc2)C(=O)O)NN1. The van der Waals surface area contributed by atoms with Crippen LogP contribution in [-0.2, 0) is 16.0 Å². The molecule has 132 valence electrons. The maximum Gasteiger partial charge on any atom is 0.308 e. The predicted octanol–water partition coefficient (Wildman–Crippen LogP) is 1.33. The average molecular weight is 333 g/mol. The lowest BCUT2D eigenvalue weighted by atomic mass is 9.84. The molecule has 1 amide bonds. The zero-order valence-electron chi connectivity index (χ0n) is 14.5. The molecule has 0 radical (unpaired) electrons. The van der Waals surface area contributed by atoms with Gasteiger partial charge in [-0.25, -0.2) is 5.43 Å². The fourth-order valence-corrected chi connectivity index (χ4v) is 2.79. The van der Waals surface area contributed by atoms with Crippen molar-refractivity contribution in [1.29, 1.82) is 0 Å². The molecule has 1 aliphatic rings. The largest absolute Gasteiger partial charge is 0.481 e. The van der Waals surface area contributed by atoms with Crippen molar-refractivity contribution < 1.29 is 14.7 Å². The number of hydrogen-bond acceptors (Lipinski definition) is 4. The Balaban J connectivity index is 1.86. The van der Waals surface area contributed by atoms with E-state index in [1.54, 1.807) is 0 Å². The van der Waals surface area contributed by atoms with Crippen LogP contribution in [-0.4, -0.2) is 35.6 Å². The van der Waals surface area contributed by atoms with Gasteiger partial charge in [-0.1, -0.05) is 51.1 Å². The number of hydrazine groups is 1. The number of carboxylic acids is 1. The standard InChI is InChI=1S/C18H27N3O3/c1-18(2,3)15-10-14(20-21-15)16(22)19-11-13(17(23)24)9-12-7-5-4-6-8-12/h4-8,13-15,20-21H,9-11H2,1-3H3,(H,19,22)(H,23,24). The van der Waals surface area contributed by atoms with Gasteiger partial charge in [-0.15, -0.1) is 0 Å². The Bertz CT molecular complexity index is 569. The summed E-state index contributed by atoms with van der Waals surface area (Å²) < 4.78 is 0. The highest BCUT2D eigenvalue weighted by molar-refractivity contribution is 5.82. The van der Waals surface area contributed by atoms with Crippen LogP contribution in [0.15, 0.2) is 30.3 Å². The highest BCUT2D eigenvalue weighted by Crippen LogP contribution is 2.25. The van der Waals surface area contributed by atoms with Crippen molar-refractivity contribution >= 4 is 11.9 Å². The van der Waals surface area contributed by atoms with Crippen LogP contribution in [0.2, 0.25) is 0 Å². The van der Waals surface area contributed by atoms with Crippen LogP contribution in [0.25, 0.3) is 0 Å². The van der Waals surface area contributed by atoms with Crippen molar-refractivity contribution in [1.82, 2.24) is 16.2 Å². The molecule has 4 N–H and O–H groups in total. The van der Waals surface area contributed by atoms with E-state index >= 15 is 0 Å². The van der Waals surface area contributed by atoms with Gasteiger partial charge in [-0.2, -0.15) is 0 Å². The molecule has 1 heterocycles. The molecule has 1 fully saturated rings. The minimum atomic E-state index is -0.899. The highest BCUT2D eigenvalue weighted by Gasteiger charge is 2.36. The van der Waals surface area contributed by atoms with Gasteiger partial charge in [0, 0.05) is 12.6 Å². The minimum absolute atomic E-state index is 0.0545. The van der Waals surface area contributed by atoms with Crippen LogP contribution < -0.4 is 16.2 Å². The molecule has 1 aromatic carbocycles. The van der Waals surface area contributed by atoms with Crippen molar-refractivity contribution in [3.63, 3.8) is 0 Å². The van der Waals surface area contributed by atoms with Crippen LogP contribution in [0.4, 0.5) is 0 Å². The Morgan fingerprint density at radius 2 is 1.92 bits per heavy atom. The summed E-state index contributed by atoms with van der Waals surface area (Å²) in [7, 11) is 0. The summed E-state index contributed by atoms with van der Waals surface area (Å²) in [6, 6.07) is 9.32. The first-order valence-electron chi connectivity index (χ1n) is 8.33. The number of rotatable bonds is 6. The van der Waals surface area contributed by atoms with E-state index in [-0.39, 0.29) is 30.0 Å². The molecule has 0 saturated carbocycles. The third-order valence-electron chi connectivity index (χ3n) is 4.46. The molecular weight excluding hydrogens is 306 g/mol. The molecule has 0 bridgehead atoms. The number of amides is 1. The lowest BCUT2D eigenvalue weighted by molar-refractivity contribution is -0.141. The summed E-state index contributed by atoms with van der Waals surface area (Å²) in [5.74, 6) is -1.69. The van der Waals surface area contributed by atoms with E-state index in [0.29, 0.717) is 12.8 Å². The third kappa shape index (κ3) is 5.04. The van der Waals surface area contributed by atoms with Crippen molar-refractivity contribution in [2.75, 3.05) is 6.54 Å². The van der Waals surface area contributed by atoms with Gasteiger partial charge in [-0.3, -0.25) is 15.0 Å². The highest BCUT2D eigenvalue weighted by atomic mass is 16.4. The number of nitrogens with one attached hydrogen (secondary N) is 3. The molecule has 1 aliphatic heterocycles. The molecule has 1 saturated heterocycles. The Labute approximate surface area is 143 Å². The zero-order valence-corrected chi connectivity index (χ0v) is 14.5. The van der Waals surface area contributed by atoms with E-state index in [1.807, 2.05) is 30.3 Å². The van der Waals surface area contributed by atoms with E-state index in [2.05, 4.69) is 36.9 Å². The van der Waals surface area contributed by atoms with Crippen LogP contribution in [0.3, 0.4) is 0 Å². The summed E-state index contributed by atoms with van der Waals surface area (Å²) in [6.45, 7) is 6.48. The average Bonchev–Trinajstić information content (AvgIpc) is 3.02. The first-order valence-corrected chi connectivity index (χ1v) is 8.33. The molecular formula is C18H27N3O3. The lowest BCUT2D eigenvalue weighted by Crippen LogP contribution is -2.46. The number of aliphatic carboxylic acids is 1. The molecule has 3 unspecified atom stereocenters. The van der Waals surface area contributed by atoms with Gasteiger partial charge in [0.25, 0.3) is 0 Å². The lowest BCUT2D eigenvalue weighted by Gasteiger charge is -2.25. The molecule has 3 atom stereocenters. The second-order valence-corrected chi connectivity index (χ2v) is 7.47. The van der Waals surface area contributed by atoms with Crippen molar-refractivity contribution in [3.8, 4) is 0 Å². The summed E-state index contributed by atoms with van der Waals surface area (Å²) in [5.41, 5.74) is 7.16. The van der Waals surface area contributed by atoms with Gasteiger partial charge < -0.3 is 10.4 Å². The normalized spacial score (nSPS) is 22.1. The van der Waals surface area contributed by atoms with E-state index in [4.69, 9.17) is 0 Å². The van der Waals surface area contributed by atoms with Crippen LogP contribution in [0.5, 0.6) is 0 Å². The fourth-order valence-electron chi connectivity index (χ4n) is 2.79. The van der Waals surface area contributed by atoms with Crippen molar-refractivity contribution in [2.45, 2.75) is 45.7 Å². The Kier molecular flexibility index (Phi) is 5.96. The number of carboxylic acid groups (broad SMARTS) is 1. The van der Waals surface area contributed by atoms with Gasteiger partial charge in [0.15, 0.2) is 0 Å². The molecule has 1 aromatic rings. The molecule has 0 aromatic heterocycles. The fraction of sp³-hybridized carbons (Fsp3) is 0.556. The van der Waals surface area contributed by atoms with Gasteiger partial charge in [0.05, 0.1) is 5.92 Å². The Hall–Kier alpha value is -1.92. The predicted molar refractivity (Wildman–Crippen MR) is 92.2 cm³/mol. The first-order chi connectivity index (χ1) is 11.3. The van der Waals surface area contributed by atoms with Crippen LogP contribution in [0.1, 0.15) is 32.8 Å². The zero-order chi connectivity index (χ0) is 17.7. The summed E-state index contributed by atoms with van der Waals surface area (Å²) >= 11 is 0. The number of carbonyl (C=O) groups excluding carboxylic acids is 1. The number of carbonyl (C=O) groups is 2. The van der Waals surface area contributed by atoms with E-state index in [0.717, 1.165) is 5.56 Å². The van der Waals surface area contributed by atoms with E-state index in [9.17, 15) is 14.7 Å². The number of benzene rings is 1. The Morgan fingerprint density at radius 3 is 2.46 bits per heavy atom. The molecule has 6 nitrogen and oxygen atoms in total. The molecule has 0 spiro atoms. The second kappa shape index (κ2) is 7.77. The first kappa shape index (κ1) is 18.4. The van der Waals surface area contributed by atoms with Crippen LogP contribution in [0, 0.1) is 11.3 Å². The molecule has 24 heavy (non-hydrogen) atoms. The molecule has 0 aliphatic carbocycles. The Morgan fingerprint density at radius 1 is 1.25 bits per heavy atom. The van der Waals surface area contributed by atoms with E-state index < -0.39 is 11.9 Å². The van der Waals surface area contributed by atoms with Crippen molar-refractivity contribution in [3.05, 3.63) is 35.9 Å². The van der Waals surface area contributed by atoms with Crippen LogP contribution >= 0.6 is 0 Å². The maximum absolute atomic E-state index is 12.3. The quantitative estimate of drug-likeness (QED) is 0.630. The number of hydrogen-bond donors (Lipinski definition) is 4. The molecule has 2 rings (SSSR count). The molecule has 6 heteroatoms. The van der Waals surface area contributed by atoms with Gasteiger partial charge in [0.1, 0.15) is 6.04 Å². The van der Waals surface area contributed by atoms with E-state index in [1.165, 1.54) is 0 Å².